The highest BCUT2D eigenvalue weighted by Crippen LogP contribution is 2.16. The molecule has 16 heavy (non-hydrogen) atoms. The van der Waals surface area contributed by atoms with E-state index in [1.54, 1.807) is 12.1 Å². The summed E-state index contributed by atoms with van der Waals surface area (Å²) in [6, 6.07) is 5.38. The molecule has 0 aliphatic carbocycles. The summed E-state index contributed by atoms with van der Waals surface area (Å²) in [6.07, 6.45) is 1.52. The van der Waals surface area contributed by atoms with Gasteiger partial charge in [-0.3, -0.25) is 4.79 Å². The molecular weight excluding hydrogens is 222 g/mol. The smallest absolute Gasteiger partial charge is 0.266 e. The molecule has 82 valence electrons. The van der Waals surface area contributed by atoms with Crippen molar-refractivity contribution in [1.29, 1.82) is 0 Å². The molecule has 0 saturated carbocycles. The van der Waals surface area contributed by atoms with E-state index in [2.05, 4.69) is 10.3 Å². The zero-order valence-corrected chi connectivity index (χ0v) is 9.54. The van der Waals surface area contributed by atoms with Gasteiger partial charge in [0.25, 0.3) is 5.91 Å². The van der Waals surface area contributed by atoms with Gasteiger partial charge in [0, 0.05) is 0 Å². The maximum absolute atomic E-state index is 11.7. The Morgan fingerprint density at radius 1 is 1.56 bits per heavy atom. The average Bonchev–Trinajstić information content (AvgIpc) is 2.75. The molecule has 0 fully saturated rings. The van der Waals surface area contributed by atoms with Gasteiger partial charge >= 0.3 is 0 Å². The normalized spacial score (nSPS) is 10.1. The summed E-state index contributed by atoms with van der Waals surface area (Å²) in [5, 5.41) is 4.60. The molecule has 0 spiro atoms. The number of carbonyl (C=O) groups is 1. The third-order valence-corrected chi connectivity index (χ3v) is 2.94. The van der Waals surface area contributed by atoms with E-state index in [1.807, 2.05) is 18.4 Å². The van der Waals surface area contributed by atoms with E-state index in [4.69, 9.17) is 5.73 Å². The lowest BCUT2D eigenvalue weighted by atomic mass is 10.2. The molecule has 0 atom stereocenters. The minimum Gasteiger partial charge on any atom is -0.397 e. The first-order chi connectivity index (χ1) is 7.66. The van der Waals surface area contributed by atoms with Crippen molar-refractivity contribution < 1.29 is 4.79 Å². The minimum absolute atomic E-state index is 0.143. The van der Waals surface area contributed by atoms with E-state index < -0.39 is 0 Å². The first-order valence-corrected chi connectivity index (χ1v) is 5.62. The van der Waals surface area contributed by atoms with Gasteiger partial charge in [0.05, 0.1) is 16.8 Å². The highest BCUT2D eigenvalue weighted by atomic mass is 32.1. The molecule has 0 unspecified atom stereocenters. The molecule has 0 saturated heterocycles. The Bertz CT molecular complexity index is 508. The van der Waals surface area contributed by atoms with Crippen LogP contribution in [0.1, 0.15) is 15.2 Å². The molecule has 2 aromatic heterocycles. The van der Waals surface area contributed by atoms with Crippen LogP contribution in [-0.2, 0) is 0 Å². The zero-order valence-electron chi connectivity index (χ0n) is 8.73. The first-order valence-electron chi connectivity index (χ1n) is 4.74. The van der Waals surface area contributed by atoms with Crippen molar-refractivity contribution in [3.8, 4) is 0 Å². The molecule has 2 rings (SSSR count). The molecule has 0 radical (unpaired) electrons. The monoisotopic (exact) mass is 233 g/mol. The van der Waals surface area contributed by atoms with Gasteiger partial charge in [0.15, 0.2) is 0 Å². The van der Waals surface area contributed by atoms with Gasteiger partial charge in [0.1, 0.15) is 5.82 Å². The van der Waals surface area contributed by atoms with E-state index in [0.717, 1.165) is 5.56 Å². The third-order valence-electron chi connectivity index (χ3n) is 2.08. The molecule has 2 heterocycles. The number of nitrogens with one attached hydrogen (secondary N) is 1. The number of thiophene rings is 1. The van der Waals surface area contributed by atoms with Gasteiger partial charge in [-0.15, -0.1) is 11.3 Å². The molecular formula is C11H11N3OS. The van der Waals surface area contributed by atoms with Crippen molar-refractivity contribution in [2.75, 3.05) is 11.1 Å². The van der Waals surface area contributed by atoms with E-state index in [-0.39, 0.29) is 5.91 Å². The van der Waals surface area contributed by atoms with Crippen LogP contribution in [0.25, 0.3) is 0 Å². The van der Waals surface area contributed by atoms with Crippen molar-refractivity contribution in [3.63, 3.8) is 0 Å². The zero-order chi connectivity index (χ0) is 11.5. The van der Waals surface area contributed by atoms with Crippen molar-refractivity contribution in [3.05, 3.63) is 40.2 Å². The number of aromatic nitrogens is 1. The molecule has 0 aliphatic rings. The number of aryl methyl sites for hydroxylation is 1. The van der Waals surface area contributed by atoms with Crippen LogP contribution in [0, 0.1) is 6.92 Å². The molecule has 4 nitrogen and oxygen atoms in total. The van der Waals surface area contributed by atoms with E-state index in [9.17, 15) is 4.79 Å². The summed E-state index contributed by atoms with van der Waals surface area (Å²) in [5.41, 5.74) is 7.02. The number of carbonyl (C=O) groups excluding carboxylic acids is 1. The van der Waals surface area contributed by atoms with Crippen LogP contribution in [0.5, 0.6) is 0 Å². The maximum Gasteiger partial charge on any atom is 0.266 e. The molecule has 0 bridgehead atoms. The second kappa shape index (κ2) is 4.32. The summed E-state index contributed by atoms with van der Waals surface area (Å²) in [7, 11) is 0. The van der Waals surface area contributed by atoms with E-state index in [1.165, 1.54) is 17.5 Å². The predicted molar refractivity (Wildman–Crippen MR) is 65.7 cm³/mol. The van der Waals surface area contributed by atoms with Crippen LogP contribution < -0.4 is 11.1 Å². The van der Waals surface area contributed by atoms with E-state index in [0.29, 0.717) is 16.4 Å². The first kappa shape index (κ1) is 10.6. The SMILES string of the molecule is Cc1cc(N)cnc1NC(=O)c1cccs1. The van der Waals surface area contributed by atoms with Crippen LogP contribution in [0.2, 0.25) is 0 Å². The van der Waals surface area contributed by atoms with Gasteiger partial charge in [-0.2, -0.15) is 0 Å². The van der Waals surface area contributed by atoms with Crippen molar-refractivity contribution in [2.45, 2.75) is 6.92 Å². The number of anilines is 2. The third kappa shape index (κ3) is 2.20. The topological polar surface area (TPSA) is 68.0 Å². The van der Waals surface area contributed by atoms with Gasteiger partial charge in [-0.25, -0.2) is 4.98 Å². The van der Waals surface area contributed by atoms with Gasteiger partial charge in [0.2, 0.25) is 0 Å². The number of pyridine rings is 1. The largest absolute Gasteiger partial charge is 0.397 e. The highest BCUT2D eigenvalue weighted by molar-refractivity contribution is 7.12. The lowest BCUT2D eigenvalue weighted by Crippen LogP contribution is -2.12. The Morgan fingerprint density at radius 2 is 2.38 bits per heavy atom. The predicted octanol–water partition coefficient (Wildman–Crippen LogP) is 2.29. The van der Waals surface area contributed by atoms with Crippen molar-refractivity contribution in [1.82, 2.24) is 4.98 Å². The average molecular weight is 233 g/mol. The van der Waals surface area contributed by atoms with Crippen LogP contribution >= 0.6 is 11.3 Å². The molecule has 0 aromatic carbocycles. The second-order valence-electron chi connectivity index (χ2n) is 3.37. The second-order valence-corrected chi connectivity index (χ2v) is 4.31. The number of hydrogen-bond acceptors (Lipinski definition) is 4. The van der Waals surface area contributed by atoms with E-state index >= 15 is 0 Å². The molecule has 0 aliphatic heterocycles. The fourth-order valence-electron chi connectivity index (χ4n) is 1.30. The summed E-state index contributed by atoms with van der Waals surface area (Å²) in [5.74, 6) is 0.406. The molecule has 3 N–H and O–H groups in total. The summed E-state index contributed by atoms with van der Waals surface area (Å²) < 4.78 is 0. The number of rotatable bonds is 2. The van der Waals surface area contributed by atoms with Crippen molar-refractivity contribution in [2.24, 2.45) is 0 Å². The summed E-state index contributed by atoms with van der Waals surface area (Å²) in [4.78, 5) is 16.5. The number of amides is 1. The Morgan fingerprint density at radius 3 is 3.00 bits per heavy atom. The van der Waals surface area contributed by atoms with Crippen LogP contribution in [0.15, 0.2) is 29.8 Å². The highest BCUT2D eigenvalue weighted by Gasteiger charge is 2.09. The summed E-state index contributed by atoms with van der Waals surface area (Å²) in [6.45, 7) is 1.85. The molecule has 1 amide bonds. The van der Waals surface area contributed by atoms with Gasteiger partial charge in [-0.1, -0.05) is 6.07 Å². The van der Waals surface area contributed by atoms with Gasteiger partial charge < -0.3 is 11.1 Å². The van der Waals surface area contributed by atoms with Crippen LogP contribution in [0.4, 0.5) is 11.5 Å². The number of nitrogen functional groups attached to an aromatic ring is 1. The lowest BCUT2D eigenvalue weighted by molar-refractivity contribution is 0.103. The Balaban J connectivity index is 2.18. The fraction of sp³-hybridized carbons (Fsp3) is 0.0909. The fourth-order valence-corrected chi connectivity index (χ4v) is 1.92. The minimum atomic E-state index is -0.143. The number of nitrogens with zero attached hydrogens (tertiary/aromatic N) is 1. The maximum atomic E-state index is 11.7. The Kier molecular flexibility index (Phi) is 2.87. The standard InChI is InChI=1S/C11H11N3OS/c1-7-5-8(12)6-13-10(7)14-11(15)9-3-2-4-16-9/h2-6H,12H2,1H3,(H,13,14,15). The quantitative estimate of drug-likeness (QED) is 0.836. The lowest BCUT2D eigenvalue weighted by Gasteiger charge is -2.06. The number of nitrogens with two attached hydrogens (primary N) is 1. The van der Waals surface area contributed by atoms with Gasteiger partial charge in [-0.05, 0) is 30.0 Å². The number of hydrogen-bond donors (Lipinski definition) is 2. The Labute approximate surface area is 97.1 Å². The Hall–Kier alpha value is -1.88. The summed E-state index contributed by atoms with van der Waals surface area (Å²) >= 11 is 1.39. The molecule has 2 aromatic rings. The molecule has 5 heteroatoms. The van der Waals surface area contributed by atoms with Crippen LogP contribution in [-0.4, -0.2) is 10.9 Å². The van der Waals surface area contributed by atoms with Crippen LogP contribution in [0.3, 0.4) is 0 Å². The van der Waals surface area contributed by atoms with Crippen molar-refractivity contribution >= 4 is 28.7 Å².